The fourth-order valence-electron chi connectivity index (χ4n) is 9.66. The van der Waals surface area contributed by atoms with Crippen molar-refractivity contribution in [3.8, 4) is 0 Å². The fraction of sp³-hybridized carbons (Fsp3) is 0.639. The number of unbranched alkanes of at least 4 members (excludes halogenated alkanes) is 19. The molecule has 5 atom stereocenters. The molecule has 580 valence electrons. The average molecular weight is 1470 g/mol. The molecule has 0 saturated heterocycles. The number of phosphoric ester groups is 2. The first kappa shape index (κ1) is 96.7. The minimum absolute atomic E-state index is 0.0548. The number of hydrogen-bond acceptors (Lipinski definition) is 15. The molecule has 0 rings (SSSR count). The Morgan fingerprint density at radius 1 is 0.284 bits per heavy atom. The van der Waals surface area contributed by atoms with E-state index in [1.807, 2.05) is 0 Å². The zero-order valence-electron chi connectivity index (χ0n) is 63.2. The second-order valence-electron chi connectivity index (χ2n) is 25.1. The van der Waals surface area contributed by atoms with Crippen molar-refractivity contribution in [1.82, 2.24) is 0 Å². The normalized spacial score (nSPS) is 14.8. The lowest BCUT2D eigenvalue weighted by molar-refractivity contribution is -0.161. The van der Waals surface area contributed by atoms with E-state index in [0.717, 1.165) is 180 Å². The van der Waals surface area contributed by atoms with Gasteiger partial charge in [0.05, 0.1) is 26.4 Å². The number of allylic oxidation sites excluding steroid dienone is 26. The monoisotopic (exact) mass is 1470 g/mol. The molecule has 0 aromatic heterocycles. The summed E-state index contributed by atoms with van der Waals surface area (Å²) in [6.45, 7) is 4.39. The highest BCUT2D eigenvalue weighted by atomic mass is 31.2. The maximum Gasteiger partial charge on any atom is 0.472 e. The van der Waals surface area contributed by atoms with Gasteiger partial charge in [-0.05, 0) is 167 Å². The minimum atomic E-state index is -5.00. The minimum Gasteiger partial charge on any atom is -0.462 e. The third-order valence-corrected chi connectivity index (χ3v) is 17.4. The first-order valence-corrected chi connectivity index (χ1v) is 41.7. The van der Waals surface area contributed by atoms with E-state index in [1.54, 1.807) is 0 Å². The summed E-state index contributed by atoms with van der Waals surface area (Å²) in [5, 5.41) is 10.6. The van der Waals surface area contributed by atoms with Gasteiger partial charge < -0.3 is 33.8 Å². The highest BCUT2D eigenvalue weighted by Crippen LogP contribution is 2.45. The molecule has 0 bridgehead atoms. The molecule has 0 aliphatic heterocycles. The zero-order chi connectivity index (χ0) is 74.6. The molecule has 0 heterocycles. The summed E-state index contributed by atoms with van der Waals surface area (Å²) >= 11 is 0. The molecule has 0 aromatic rings. The molecule has 0 saturated carbocycles. The molecule has 0 spiro atoms. The standard InChI is InChI=1S/C83H136O17P2/c1-5-9-13-17-21-25-29-33-36-38-41-45-48-52-56-60-64-68-81(86)94-74-79(100-83(88)70-66-62-58-54-50-46-42-39-37-34-30-26-22-18-14-10-6-2)76-98-102(91,92)96-72-77(84)71-95-101(89,90)97-75-78(99-82(87)69-65-61-57-53-49-43-32-28-24-20-16-12-8-4)73-93-80(85)67-63-59-55-51-47-44-40-35-31-27-23-19-15-11-7-3/h9-11,13-15,21-23,25-28,32-37,40-42,45-47,51,77-79,84H,5-8,12,16-20,24,29-31,38-39,43-44,48-50,52-76H2,1-4H3,(H,89,90)(H,91,92)/b13-9-,14-10-,15-11-,25-21-,26-22-,27-23-,32-28-,36-33-,37-34-,40-35-,45-41-,46-42-,51-47-. The third kappa shape index (κ3) is 73.0. The molecule has 0 radical (unpaired) electrons. The van der Waals surface area contributed by atoms with Gasteiger partial charge in [0.25, 0.3) is 0 Å². The van der Waals surface area contributed by atoms with E-state index in [-0.39, 0.29) is 25.7 Å². The van der Waals surface area contributed by atoms with Crippen molar-refractivity contribution in [2.24, 2.45) is 0 Å². The highest BCUT2D eigenvalue weighted by molar-refractivity contribution is 7.47. The summed E-state index contributed by atoms with van der Waals surface area (Å²) in [7, 11) is -9.99. The van der Waals surface area contributed by atoms with Crippen molar-refractivity contribution in [3.05, 3.63) is 158 Å². The van der Waals surface area contributed by atoms with Gasteiger partial charge in [-0.2, -0.15) is 0 Å². The second kappa shape index (κ2) is 74.0. The summed E-state index contributed by atoms with van der Waals surface area (Å²) in [6.07, 6.45) is 85.2. The Bertz CT molecular complexity index is 2550. The molecule has 19 heteroatoms. The van der Waals surface area contributed by atoms with E-state index >= 15 is 0 Å². The van der Waals surface area contributed by atoms with Gasteiger partial charge in [0, 0.05) is 25.7 Å². The number of rotatable bonds is 71. The predicted octanol–water partition coefficient (Wildman–Crippen LogP) is 22.4. The first-order valence-electron chi connectivity index (χ1n) is 38.7. The molecule has 0 aliphatic rings. The molecular formula is C83H136O17P2. The maximum atomic E-state index is 13.1. The molecule has 102 heavy (non-hydrogen) atoms. The maximum absolute atomic E-state index is 13.1. The number of ether oxygens (including phenoxy) is 4. The van der Waals surface area contributed by atoms with Crippen molar-refractivity contribution in [3.63, 3.8) is 0 Å². The first-order chi connectivity index (χ1) is 49.7. The third-order valence-electron chi connectivity index (χ3n) is 15.5. The van der Waals surface area contributed by atoms with Crippen molar-refractivity contribution in [2.75, 3.05) is 39.6 Å². The summed E-state index contributed by atoms with van der Waals surface area (Å²) in [5.41, 5.74) is 0. The van der Waals surface area contributed by atoms with Gasteiger partial charge in [-0.3, -0.25) is 37.3 Å². The molecular weight excluding hydrogens is 1330 g/mol. The fourth-order valence-corrected chi connectivity index (χ4v) is 11.2. The number of phosphoric acid groups is 2. The van der Waals surface area contributed by atoms with Gasteiger partial charge in [0.15, 0.2) is 12.2 Å². The van der Waals surface area contributed by atoms with Gasteiger partial charge >= 0.3 is 39.5 Å². The Hall–Kier alpha value is -5.32. The van der Waals surface area contributed by atoms with Gasteiger partial charge in [0.2, 0.25) is 0 Å². The lowest BCUT2D eigenvalue weighted by Crippen LogP contribution is -2.30. The SMILES string of the molecule is CC/C=C\C/C=C\C/C=C\C/C=C\CCCCCCC(=O)OCC(COP(=O)(O)OCC(O)COP(=O)(O)OCC(COC(=O)CCCC/C=C\C/C=C\C/C=C\C/C=C\CC)OC(=O)CCCCCCC/C=C\CCCCCC)OC(=O)CCCCCC/C=C\C/C=C\C/C=C\C/C=C\CC. The van der Waals surface area contributed by atoms with Crippen molar-refractivity contribution in [2.45, 2.75) is 303 Å². The highest BCUT2D eigenvalue weighted by Gasteiger charge is 2.30. The Kier molecular flexibility index (Phi) is 70.1. The van der Waals surface area contributed by atoms with Gasteiger partial charge in [-0.1, -0.05) is 250 Å². The van der Waals surface area contributed by atoms with Gasteiger partial charge in [0.1, 0.15) is 19.3 Å². The van der Waals surface area contributed by atoms with E-state index < -0.39 is 97.5 Å². The van der Waals surface area contributed by atoms with E-state index in [4.69, 9.17) is 37.0 Å². The van der Waals surface area contributed by atoms with Crippen molar-refractivity contribution >= 4 is 39.5 Å². The van der Waals surface area contributed by atoms with Crippen LogP contribution < -0.4 is 0 Å². The topological polar surface area (TPSA) is 237 Å². The number of esters is 4. The average Bonchev–Trinajstić information content (AvgIpc) is 0.959. The Balaban J connectivity index is 5.46. The van der Waals surface area contributed by atoms with Crippen LogP contribution in [0.1, 0.15) is 285 Å². The zero-order valence-corrected chi connectivity index (χ0v) is 65.0. The predicted molar refractivity (Wildman–Crippen MR) is 417 cm³/mol. The van der Waals surface area contributed by atoms with Crippen LogP contribution in [-0.2, 0) is 65.4 Å². The second-order valence-corrected chi connectivity index (χ2v) is 28.1. The van der Waals surface area contributed by atoms with Crippen LogP contribution in [0, 0.1) is 0 Å². The summed E-state index contributed by atoms with van der Waals surface area (Å²) in [6, 6.07) is 0. The van der Waals surface area contributed by atoms with Crippen molar-refractivity contribution in [1.29, 1.82) is 0 Å². The van der Waals surface area contributed by atoms with Crippen LogP contribution in [0.15, 0.2) is 158 Å². The molecule has 17 nitrogen and oxygen atoms in total. The molecule has 0 fully saturated rings. The van der Waals surface area contributed by atoms with Crippen LogP contribution >= 0.6 is 15.6 Å². The number of carbonyl (C=O) groups is 4. The lowest BCUT2D eigenvalue weighted by atomic mass is 10.1. The van der Waals surface area contributed by atoms with E-state index in [0.29, 0.717) is 25.7 Å². The Morgan fingerprint density at radius 2 is 0.510 bits per heavy atom. The number of hydrogen-bond donors (Lipinski definition) is 3. The van der Waals surface area contributed by atoms with E-state index in [1.165, 1.54) is 25.7 Å². The number of aliphatic hydroxyl groups excluding tert-OH is 1. The van der Waals surface area contributed by atoms with Crippen LogP contribution in [0.3, 0.4) is 0 Å². The molecule has 0 amide bonds. The Labute approximate surface area is 617 Å². The molecule has 0 aromatic carbocycles. The Morgan fingerprint density at radius 3 is 0.814 bits per heavy atom. The van der Waals surface area contributed by atoms with E-state index in [2.05, 4.69) is 186 Å². The van der Waals surface area contributed by atoms with E-state index in [9.17, 15) is 43.2 Å². The van der Waals surface area contributed by atoms with Crippen LogP contribution in [0.5, 0.6) is 0 Å². The largest absolute Gasteiger partial charge is 0.472 e. The van der Waals surface area contributed by atoms with Crippen LogP contribution in [0.2, 0.25) is 0 Å². The van der Waals surface area contributed by atoms with Crippen LogP contribution in [-0.4, -0.2) is 96.7 Å². The number of aliphatic hydroxyl groups is 1. The molecule has 0 aliphatic carbocycles. The quantitative estimate of drug-likeness (QED) is 0.0169. The number of carbonyl (C=O) groups excluding carboxylic acids is 4. The van der Waals surface area contributed by atoms with Crippen LogP contribution in [0.25, 0.3) is 0 Å². The lowest BCUT2D eigenvalue weighted by Gasteiger charge is -2.21. The smallest absolute Gasteiger partial charge is 0.462 e. The molecule has 5 unspecified atom stereocenters. The summed E-state index contributed by atoms with van der Waals surface area (Å²) < 4.78 is 68.5. The van der Waals surface area contributed by atoms with Gasteiger partial charge in [-0.25, -0.2) is 9.13 Å². The van der Waals surface area contributed by atoms with Gasteiger partial charge in [-0.15, -0.1) is 0 Å². The molecule has 3 N–H and O–H groups in total. The van der Waals surface area contributed by atoms with Crippen molar-refractivity contribution < 1.29 is 80.2 Å². The summed E-state index contributed by atoms with van der Waals surface area (Å²) in [5.74, 6) is -2.30. The summed E-state index contributed by atoms with van der Waals surface area (Å²) in [4.78, 5) is 72.9. The van der Waals surface area contributed by atoms with Crippen LogP contribution in [0.4, 0.5) is 0 Å².